The molecule has 26 heavy (non-hydrogen) atoms. The molecular formula is C21H27N3O2. The van der Waals surface area contributed by atoms with Crippen LogP contribution in [0.4, 0.5) is 0 Å². The molecule has 3 aliphatic heterocycles. The molecule has 5 heteroatoms. The van der Waals surface area contributed by atoms with Crippen molar-refractivity contribution in [2.24, 2.45) is 13.0 Å². The summed E-state index contributed by atoms with van der Waals surface area (Å²) in [6.07, 6.45) is 6.54. The molecule has 0 unspecified atom stereocenters. The first-order chi connectivity index (χ1) is 12.5. The van der Waals surface area contributed by atoms with E-state index in [-0.39, 0.29) is 11.7 Å². The van der Waals surface area contributed by atoms with Gasteiger partial charge in [0.15, 0.2) is 0 Å². The second-order valence-corrected chi connectivity index (χ2v) is 8.50. The second kappa shape index (κ2) is 5.83. The third-order valence-corrected chi connectivity index (χ3v) is 6.55. The van der Waals surface area contributed by atoms with Gasteiger partial charge in [-0.2, -0.15) is 0 Å². The third kappa shape index (κ3) is 2.48. The van der Waals surface area contributed by atoms with E-state index in [1.807, 2.05) is 18.6 Å². The van der Waals surface area contributed by atoms with Gasteiger partial charge < -0.3 is 14.0 Å². The highest BCUT2D eigenvalue weighted by Crippen LogP contribution is 2.52. The monoisotopic (exact) mass is 353 g/mol. The predicted molar refractivity (Wildman–Crippen MR) is 98.9 cm³/mol. The van der Waals surface area contributed by atoms with Gasteiger partial charge in [0, 0.05) is 43.9 Å². The van der Waals surface area contributed by atoms with Crippen LogP contribution in [0.2, 0.25) is 0 Å². The molecule has 3 aliphatic rings. The Morgan fingerprint density at radius 3 is 2.92 bits per heavy atom. The van der Waals surface area contributed by atoms with Crippen LogP contribution in [0, 0.1) is 5.92 Å². The topological polar surface area (TPSA) is 39.5 Å². The molecule has 5 rings (SSSR count). The molecule has 0 spiro atoms. The molecule has 4 heterocycles. The maximum absolute atomic E-state index is 6.71. The van der Waals surface area contributed by atoms with Crippen molar-refractivity contribution in [2.45, 2.75) is 57.1 Å². The number of imidazole rings is 1. The number of para-hydroxylation sites is 1. The molecule has 1 aromatic heterocycles. The van der Waals surface area contributed by atoms with Crippen LogP contribution in [0.5, 0.6) is 5.75 Å². The maximum Gasteiger partial charge on any atom is 0.125 e. The first-order valence-corrected chi connectivity index (χ1v) is 9.65. The van der Waals surface area contributed by atoms with E-state index in [0.717, 1.165) is 31.7 Å². The molecule has 0 N–H and O–H groups in total. The van der Waals surface area contributed by atoms with Crippen molar-refractivity contribution in [1.82, 2.24) is 14.5 Å². The van der Waals surface area contributed by atoms with Crippen molar-refractivity contribution < 1.29 is 9.47 Å². The lowest BCUT2D eigenvalue weighted by molar-refractivity contribution is -0.162. The minimum Gasteiger partial charge on any atom is -0.487 e. The lowest BCUT2D eigenvalue weighted by Crippen LogP contribution is -2.53. The fraction of sp³-hybridized carbons (Fsp3) is 0.571. The second-order valence-electron chi connectivity index (χ2n) is 8.50. The summed E-state index contributed by atoms with van der Waals surface area (Å²) >= 11 is 0. The highest BCUT2D eigenvalue weighted by Gasteiger charge is 2.52. The summed E-state index contributed by atoms with van der Waals surface area (Å²) in [5.74, 6) is 1.35. The van der Waals surface area contributed by atoms with Crippen molar-refractivity contribution in [1.29, 1.82) is 0 Å². The van der Waals surface area contributed by atoms with Gasteiger partial charge in [0.2, 0.25) is 0 Å². The Morgan fingerprint density at radius 1 is 1.27 bits per heavy atom. The normalized spacial score (nSPS) is 32.4. The van der Waals surface area contributed by atoms with Crippen LogP contribution in [0.1, 0.15) is 44.1 Å². The molecular weight excluding hydrogens is 326 g/mol. The van der Waals surface area contributed by atoms with E-state index in [4.69, 9.17) is 9.47 Å². The minimum atomic E-state index is -0.217. The van der Waals surface area contributed by atoms with E-state index in [1.54, 1.807) is 0 Å². The summed E-state index contributed by atoms with van der Waals surface area (Å²) in [6.45, 7) is 6.45. The Morgan fingerprint density at radius 2 is 2.12 bits per heavy atom. The van der Waals surface area contributed by atoms with Crippen LogP contribution in [0.15, 0.2) is 36.8 Å². The van der Waals surface area contributed by atoms with E-state index in [0.29, 0.717) is 18.1 Å². The molecule has 2 fully saturated rings. The van der Waals surface area contributed by atoms with Gasteiger partial charge in [0.1, 0.15) is 11.4 Å². The highest BCUT2D eigenvalue weighted by molar-refractivity contribution is 5.39. The number of likely N-dealkylation sites (tertiary alicyclic amines) is 1. The molecule has 5 nitrogen and oxygen atoms in total. The number of hydrogen-bond donors (Lipinski definition) is 0. The summed E-state index contributed by atoms with van der Waals surface area (Å²) in [6, 6.07) is 8.85. The van der Waals surface area contributed by atoms with Crippen LogP contribution in [0.25, 0.3) is 0 Å². The van der Waals surface area contributed by atoms with Crippen molar-refractivity contribution in [3.8, 4) is 5.75 Å². The standard InChI is InChI=1S/C21H27N3O2/c1-21(2)16-10-17-19(8-9-24(17)12-14-11-22-13-23(14)3)25-20(16)15-6-4-5-7-18(15)26-21/h4-7,11,13,16-17,19-20H,8-10,12H2,1-3H3/t16-,17-,19-,20+/m1/s1. The molecule has 1 aromatic carbocycles. The van der Waals surface area contributed by atoms with Crippen LogP contribution in [0.3, 0.4) is 0 Å². The SMILES string of the molecule is Cn1cncc1CN1CC[C@H]2O[C@H]3c4ccccc4OC(C)(C)[C@@H]3C[C@H]21. The van der Waals surface area contributed by atoms with Crippen molar-refractivity contribution >= 4 is 0 Å². The average molecular weight is 353 g/mol. The molecule has 0 amide bonds. The maximum atomic E-state index is 6.71. The van der Waals surface area contributed by atoms with E-state index in [2.05, 4.69) is 53.5 Å². The van der Waals surface area contributed by atoms with E-state index >= 15 is 0 Å². The summed E-state index contributed by atoms with van der Waals surface area (Å²) in [4.78, 5) is 6.84. The van der Waals surface area contributed by atoms with Gasteiger partial charge >= 0.3 is 0 Å². The minimum absolute atomic E-state index is 0.146. The zero-order chi connectivity index (χ0) is 17.9. The smallest absolute Gasteiger partial charge is 0.125 e. The highest BCUT2D eigenvalue weighted by atomic mass is 16.5. The lowest BCUT2D eigenvalue weighted by Gasteiger charge is -2.50. The van der Waals surface area contributed by atoms with Crippen molar-refractivity contribution in [3.05, 3.63) is 48.0 Å². The largest absolute Gasteiger partial charge is 0.487 e. The van der Waals surface area contributed by atoms with Gasteiger partial charge in [-0.25, -0.2) is 4.98 Å². The van der Waals surface area contributed by atoms with Gasteiger partial charge in [-0.05, 0) is 32.8 Å². The number of nitrogens with zero attached hydrogens (tertiary/aromatic N) is 3. The van der Waals surface area contributed by atoms with Gasteiger partial charge in [0.05, 0.1) is 24.2 Å². The Bertz CT molecular complexity index is 815. The molecule has 4 atom stereocenters. The first kappa shape index (κ1) is 16.3. The lowest BCUT2D eigenvalue weighted by atomic mass is 9.74. The van der Waals surface area contributed by atoms with Crippen molar-refractivity contribution in [3.63, 3.8) is 0 Å². The summed E-state index contributed by atoms with van der Waals surface area (Å²) in [5, 5.41) is 0. The number of rotatable bonds is 2. The molecule has 0 radical (unpaired) electrons. The zero-order valence-corrected chi connectivity index (χ0v) is 15.8. The Labute approximate surface area is 154 Å². The van der Waals surface area contributed by atoms with E-state index in [9.17, 15) is 0 Å². The van der Waals surface area contributed by atoms with Gasteiger partial charge in [-0.3, -0.25) is 4.90 Å². The Hall–Kier alpha value is -1.85. The number of aromatic nitrogens is 2. The van der Waals surface area contributed by atoms with E-state index < -0.39 is 0 Å². The zero-order valence-electron chi connectivity index (χ0n) is 15.8. The molecule has 2 saturated heterocycles. The number of benzene rings is 1. The number of ether oxygens (including phenoxy) is 2. The molecule has 2 aromatic rings. The van der Waals surface area contributed by atoms with Crippen LogP contribution in [-0.2, 0) is 18.3 Å². The first-order valence-electron chi connectivity index (χ1n) is 9.65. The molecule has 0 aliphatic carbocycles. The Balaban J connectivity index is 1.43. The molecule has 0 saturated carbocycles. The average Bonchev–Trinajstić information content (AvgIpc) is 3.20. The van der Waals surface area contributed by atoms with E-state index in [1.165, 1.54) is 11.3 Å². The van der Waals surface area contributed by atoms with Gasteiger partial charge in [0.25, 0.3) is 0 Å². The van der Waals surface area contributed by atoms with Gasteiger partial charge in [-0.1, -0.05) is 18.2 Å². The van der Waals surface area contributed by atoms with Crippen molar-refractivity contribution in [2.75, 3.05) is 6.54 Å². The number of aryl methyl sites for hydroxylation is 1. The van der Waals surface area contributed by atoms with Crippen LogP contribution < -0.4 is 4.74 Å². The number of hydrogen-bond acceptors (Lipinski definition) is 4. The fourth-order valence-electron chi connectivity index (χ4n) is 5.06. The summed E-state index contributed by atoms with van der Waals surface area (Å²) < 4.78 is 15.2. The summed E-state index contributed by atoms with van der Waals surface area (Å²) in [5.41, 5.74) is 2.27. The van der Waals surface area contributed by atoms with Gasteiger partial charge in [-0.15, -0.1) is 0 Å². The van der Waals surface area contributed by atoms with Crippen LogP contribution in [-0.4, -0.2) is 38.7 Å². The third-order valence-electron chi connectivity index (χ3n) is 6.55. The predicted octanol–water partition coefficient (Wildman–Crippen LogP) is 3.31. The fourth-order valence-corrected chi connectivity index (χ4v) is 5.06. The summed E-state index contributed by atoms with van der Waals surface area (Å²) in [7, 11) is 2.07. The number of fused-ring (bicyclic) bond motifs is 4. The Kier molecular flexibility index (Phi) is 3.66. The molecule has 0 bridgehead atoms. The van der Waals surface area contributed by atoms with Crippen LogP contribution >= 0.6 is 0 Å². The molecule has 138 valence electrons. The quantitative estimate of drug-likeness (QED) is 0.830.